The Morgan fingerprint density at radius 2 is 1.88 bits per heavy atom. The molecule has 3 amide bonds. The topological polar surface area (TPSA) is 76.2 Å². The number of ether oxygens (including phenoxy) is 2. The van der Waals surface area contributed by atoms with Gasteiger partial charge in [0.15, 0.2) is 0 Å². The molecule has 0 saturated carbocycles. The van der Waals surface area contributed by atoms with Gasteiger partial charge in [-0.3, -0.25) is 19.3 Å². The van der Waals surface area contributed by atoms with Crippen LogP contribution in [0, 0.1) is 0 Å². The third-order valence-corrected chi connectivity index (χ3v) is 6.22. The number of hydrogen-bond donors (Lipinski definition) is 0. The summed E-state index contributed by atoms with van der Waals surface area (Å²) in [6.45, 7) is 2.38. The Morgan fingerprint density at radius 1 is 1.09 bits per heavy atom. The van der Waals surface area contributed by atoms with Crippen LogP contribution in [0.25, 0.3) is 0 Å². The molecule has 174 valence electrons. The molecule has 0 radical (unpaired) electrons. The molecule has 0 N–H and O–H groups in total. The maximum atomic E-state index is 13.3. The Bertz CT molecular complexity index is 1000. The number of rotatable bonds is 10. The predicted octanol–water partition coefficient (Wildman–Crippen LogP) is 3.18. The van der Waals surface area contributed by atoms with Crippen molar-refractivity contribution in [1.29, 1.82) is 0 Å². The van der Waals surface area contributed by atoms with Gasteiger partial charge in [-0.25, -0.2) is 0 Å². The summed E-state index contributed by atoms with van der Waals surface area (Å²) >= 11 is 0. The number of methoxy groups -OCH3 is 1. The second-order valence-electron chi connectivity index (χ2n) is 8.49. The van der Waals surface area contributed by atoms with Gasteiger partial charge in [0.25, 0.3) is 17.7 Å². The molecule has 7 heteroatoms. The molecule has 1 fully saturated rings. The van der Waals surface area contributed by atoms with Gasteiger partial charge in [-0.1, -0.05) is 30.3 Å². The van der Waals surface area contributed by atoms with Crippen LogP contribution in [-0.4, -0.2) is 73.6 Å². The Balaban J connectivity index is 1.45. The minimum atomic E-state index is -0.354. The molecule has 0 aliphatic carbocycles. The summed E-state index contributed by atoms with van der Waals surface area (Å²) in [5.74, 6) is -0.836. The summed E-state index contributed by atoms with van der Waals surface area (Å²) in [6.07, 6.45) is 3.36. The molecule has 1 atom stereocenters. The lowest BCUT2D eigenvalue weighted by atomic mass is 10.0. The summed E-state index contributed by atoms with van der Waals surface area (Å²) in [5, 5.41) is 0. The molecule has 33 heavy (non-hydrogen) atoms. The van der Waals surface area contributed by atoms with Crippen molar-refractivity contribution in [1.82, 2.24) is 9.80 Å². The van der Waals surface area contributed by atoms with Crippen molar-refractivity contribution in [2.24, 2.45) is 0 Å². The predicted molar refractivity (Wildman–Crippen MR) is 123 cm³/mol. The van der Waals surface area contributed by atoms with Gasteiger partial charge in [0.1, 0.15) is 0 Å². The van der Waals surface area contributed by atoms with Crippen molar-refractivity contribution < 1.29 is 23.9 Å². The van der Waals surface area contributed by atoms with E-state index in [1.807, 2.05) is 18.2 Å². The average molecular weight is 451 g/mol. The number of benzene rings is 2. The number of carbonyl (C=O) groups excluding carboxylic acids is 3. The highest BCUT2D eigenvalue weighted by Crippen LogP contribution is 2.26. The summed E-state index contributed by atoms with van der Waals surface area (Å²) in [6, 6.07) is 14.9. The summed E-state index contributed by atoms with van der Waals surface area (Å²) in [4.78, 5) is 42.0. The summed E-state index contributed by atoms with van der Waals surface area (Å²) in [7, 11) is 1.61. The lowest BCUT2D eigenvalue weighted by Crippen LogP contribution is -2.36. The molecular formula is C26H30N2O5. The van der Waals surface area contributed by atoms with E-state index in [-0.39, 0.29) is 30.4 Å². The highest BCUT2D eigenvalue weighted by Gasteiger charge is 2.38. The SMILES string of the molecule is COCCN(CCCc1ccccc1)C(=O)c1ccc2c(c1)C(=O)N(CC1CCCO1)C2=O. The van der Waals surface area contributed by atoms with E-state index in [2.05, 4.69) is 12.1 Å². The molecule has 0 bridgehead atoms. The summed E-state index contributed by atoms with van der Waals surface area (Å²) in [5.41, 5.74) is 2.27. The van der Waals surface area contributed by atoms with Crippen molar-refractivity contribution in [3.05, 3.63) is 70.8 Å². The number of amides is 3. The first kappa shape index (κ1) is 23.1. The van der Waals surface area contributed by atoms with Crippen LogP contribution < -0.4 is 0 Å². The molecular weight excluding hydrogens is 420 g/mol. The second kappa shape index (κ2) is 10.7. The van der Waals surface area contributed by atoms with Crippen molar-refractivity contribution >= 4 is 17.7 Å². The highest BCUT2D eigenvalue weighted by atomic mass is 16.5. The minimum absolute atomic E-state index is 0.109. The first-order valence-corrected chi connectivity index (χ1v) is 11.5. The fourth-order valence-corrected chi connectivity index (χ4v) is 4.40. The van der Waals surface area contributed by atoms with Crippen LogP contribution >= 0.6 is 0 Å². The number of aryl methyl sites for hydroxylation is 1. The third kappa shape index (κ3) is 5.31. The molecule has 4 rings (SSSR count). The molecule has 7 nitrogen and oxygen atoms in total. The lowest BCUT2D eigenvalue weighted by Gasteiger charge is -2.23. The van der Waals surface area contributed by atoms with Crippen LogP contribution in [0.3, 0.4) is 0 Å². The quantitative estimate of drug-likeness (QED) is 0.520. The second-order valence-corrected chi connectivity index (χ2v) is 8.49. The first-order chi connectivity index (χ1) is 16.1. The Hall–Kier alpha value is -3.03. The van der Waals surface area contributed by atoms with E-state index >= 15 is 0 Å². The van der Waals surface area contributed by atoms with Crippen LogP contribution in [0.2, 0.25) is 0 Å². The Kier molecular flexibility index (Phi) is 7.52. The minimum Gasteiger partial charge on any atom is -0.383 e. The maximum Gasteiger partial charge on any atom is 0.261 e. The van der Waals surface area contributed by atoms with E-state index in [9.17, 15) is 14.4 Å². The van der Waals surface area contributed by atoms with Crippen LogP contribution in [0.4, 0.5) is 0 Å². The van der Waals surface area contributed by atoms with E-state index in [1.54, 1.807) is 30.2 Å². The van der Waals surface area contributed by atoms with Crippen LogP contribution in [0.5, 0.6) is 0 Å². The molecule has 0 spiro atoms. The smallest absolute Gasteiger partial charge is 0.261 e. The highest BCUT2D eigenvalue weighted by molar-refractivity contribution is 6.22. The van der Waals surface area contributed by atoms with Gasteiger partial charge in [0, 0.05) is 32.4 Å². The van der Waals surface area contributed by atoms with Crippen LogP contribution in [0.1, 0.15) is 55.9 Å². The molecule has 0 aromatic heterocycles. The Labute approximate surface area is 194 Å². The van der Waals surface area contributed by atoms with Crippen molar-refractivity contribution in [2.75, 3.05) is 40.0 Å². The summed E-state index contributed by atoms with van der Waals surface area (Å²) < 4.78 is 10.8. The largest absolute Gasteiger partial charge is 0.383 e. The standard InChI is InChI=1S/C26H30N2O5/c1-32-16-14-27(13-5-9-19-7-3-2-4-8-19)24(29)20-11-12-22-23(17-20)26(31)28(25(22)30)18-21-10-6-15-33-21/h2-4,7-8,11-12,17,21H,5-6,9-10,13-16,18H2,1H3. The molecule has 2 aliphatic rings. The van der Waals surface area contributed by atoms with E-state index in [4.69, 9.17) is 9.47 Å². The number of carbonyl (C=O) groups is 3. The molecule has 1 saturated heterocycles. The number of fused-ring (bicyclic) bond motifs is 1. The van der Waals surface area contributed by atoms with Gasteiger partial charge in [-0.05, 0) is 49.4 Å². The van der Waals surface area contributed by atoms with Gasteiger partial charge < -0.3 is 14.4 Å². The fraction of sp³-hybridized carbons (Fsp3) is 0.423. The van der Waals surface area contributed by atoms with Gasteiger partial charge >= 0.3 is 0 Å². The Morgan fingerprint density at radius 3 is 2.61 bits per heavy atom. The number of nitrogens with zero attached hydrogens (tertiary/aromatic N) is 2. The number of hydrogen-bond acceptors (Lipinski definition) is 5. The average Bonchev–Trinajstić information content (AvgIpc) is 3.44. The van der Waals surface area contributed by atoms with Crippen molar-refractivity contribution in [3.8, 4) is 0 Å². The monoisotopic (exact) mass is 450 g/mol. The maximum absolute atomic E-state index is 13.3. The number of imide groups is 1. The first-order valence-electron chi connectivity index (χ1n) is 11.5. The van der Waals surface area contributed by atoms with Crippen molar-refractivity contribution in [3.63, 3.8) is 0 Å². The van der Waals surface area contributed by atoms with E-state index < -0.39 is 0 Å². The zero-order valence-electron chi connectivity index (χ0n) is 19.0. The van der Waals surface area contributed by atoms with Crippen LogP contribution in [0.15, 0.2) is 48.5 Å². The lowest BCUT2D eigenvalue weighted by molar-refractivity contribution is 0.0475. The molecule has 2 aromatic carbocycles. The molecule has 2 aromatic rings. The van der Waals surface area contributed by atoms with E-state index in [0.717, 1.165) is 25.7 Å². The molecule has 2 aliphatic heterocycles. The van der Waals surface area contributed by atoms with Gasteiger partial charge in [-0.15, -0.1) is 0 Å². The van der Waals surface area contributed by atoms with Gasteiger partial charge in [0.2, 0.25) is 0 Å². The fourth-order valence-electron chi connectivity index (χ4n) is 4.40. The third-order valence-electron chi connectivity index (χ3n) is 6.22. The van der Waals surface area contributed by atoms with Gasteiger partial charge in [0.05, 0.1) is 30.4 Å². The van der Waals surface area contributed by atoms with Gasteiger partial charge in [-0.2, -0.15) is 0 Å². The van der Waals surface area contributed by atoms with E-state index in [0.29, 0.717) is 43.0 Å². The van der Waals surface area contributed by atoms with E-state index in [1.165, 1.54) is 10.5 Å². The zero-order chi connectivity index (χ0) is 23.2. The molecule has 2 heterocycles. The van der Waals surface area contributed by atoms with Crippen molar-refractivity contribution in [2.45, 2.75) is 31.8 Å². The molecule has 1 unspecified atom stereocenters. The zero-order valence-corrected chi connectivity index (χ0v) is 19.0. The van der Waals surface area contributed by atoms with Crippen LogP contribution in [-0.2, 0) is 15.9 Å². The normalized spacial score (nSPS) is 17.5.